The Bertz CT molecular complexity index is 681. The molecule has 0 bridgehead atoms. The van der Waals surface area contributed by atoms with Crippen molar-refractivity contribution in [1.82, 2.24) is 4.57 Å². The summed E-state index contributed by atoms with van der Waals surface area (Å²) in [4.78, 5) is 16.6. The van der Waals surface area contributed by atoms with Gasteiger partial charge in [-0.1, -0.05) is 35.5 Å². The number of carbonyl (C=O) groups excluding carboxylic acids is 1. The summed E-state index contributed by atoms with van der Waals surface area (Å²) >= 11 is 0. The Labute approximate surface area is 110 Å². The summed E-state index contributed by atoms with van der Waals surface area (Å²) in [7, 11) is 1.92. The van der Waals surface area contributed by atoms with Crippen molar-refractivity contribution >= 4 is 17.8 Å². The van der Waals surface area contributed by atoms with Crippen LogP contribution in [0, 0.1) is 0 Å². The van der Waals surface area contributed by atoms with Crippen LogP contribution in [-0.4, -0.2) is 16.2 Å². The third-order valence-corrected chi connectivity index (χ3v) is 3.02. The Balaban J connectivity index is 2.05. The van der Waals surface area contributed by atoms with Crippen LogP contribution in [0.25, 0.3) is 6.08 Å². The predicted octanol–water partition coefficient (Wildman–Crippen LogP) is 2.37. The molecule has 0 saturated carbocycles. The molecule has 4 heteroatoms. The Hall–Kier alpha value is -2.62. The molecule has 4 nitrogen and oxygen atoms in total. The van der Waals surface area contributed by atoms with Crippen molar-refractivity contribution in [1.29, 1.82) is 0 Å². The molecule has 2 heterocycles. The molecule has 1 aliphatic heterocycles. The second kappa shape index (κ2) is 4.57. The van der Waals surface area contributed by atoms with Gasteiger partial charge in [0.05, 0.1) is 5.57 Å². The molecule has 0 atom stereocenters. The molecule has 0 saturated heterocycles. The van der Waals surface area contributed by atoms with Crippen molar-refractivity contribution in [3.8, 4) is 0 Å². The molecular weight excluding hydrogens is 240 g/mol. The van der Waals surface area contributed by atoms with Crippen LogP contribution in [-0.2, 0) is 16.7 Å². The monoisotopic (exact) mass is 252 g/mol. The molecule has 0 N–H and O–H groups in total. The minimum absolute atomic E-state index is 0.417. The van der Waals surface area contributed by atoms with Gasteiger partial charge in [0, 0.05) is 24.5 Å². The van der Waals surface area contributed by atoms with Gasteiger partial charge >= 0.3 is 5.97 Å². The third-order valence-electron chi connectivity index (χ3n) is 3.02. The summed E-state index contributed by atoms with van der Waals surface area (Å²) in [6, 6.07) is 13.4. The first-order valence-electron chi connectivity index (χ1n) is 5.94. The number of rotatable bonds is 2. The van der Waals surface area contributed by atoms with E-state index in [1.807, 2.05) is 60.3 Å². The van der Waals surface area contributed by atoms with Crippen LogP contribution >= 0.6 is 0 Å². The molecule has 2 aromatic rings. The van der Waals surface area contributed by atoms with Gasteiger partial charge in [-0.3, -0.25) is 0 Å². The predicted molar refractivity (Wildman–Crippen MR) is 72.5 cm³/mol. The van der Waals surface area contributed by atoms with E-state index < -0.39 is 5.97 Å². The molecular formula is C15H12N2O2. The average molecular weight is 252 g/mol. The molecule has 0 amide bonds. The second-order valence-electron chi connectivity index (χ2n) is 4.29. The number of benzene rings is 1. The van der Waals surface area contributed by atoms with Crippen LogP contribution in [0.3, 0.4) is 0 Å². The molecule has 0 unspecified atom stereocenters. The van der Waals surface area contributed by atoms with E-state index in [2.05, 4.69) is 5.16 Å². The zero-order valence-electron chi connectivity index (χ0n) is 10.4. The molecule has 1 aromatic heterocycles. The zero-order valence-corrected chi connectivity index (χ0v) is 10.4. The van der Waals surface area contributed by atoms with Crippen molar-refractivity contribution < 1.29 is 9.63 Å². The van der Waals surface area contributed by atoms with Gasteiger partial charge in [-0.2, -0.15) is 0 Å². The lowest BCUT2D eigenvalue weighted by Crippen LogP contribution is -2.07. The highest BCUT2D eigenvalue weighted by Gasteiger charge is 2.26. The first-order valence-corrected chi connectivity index (χ1v) is 5.94. The van der Waals surface area contributed by atoms with E-state index in [0.29, 0.717) is 11.3 Å². The smallest absolute Gasteiger partial charge is 0.351 e. The van der Waals surface area contributed by atoms with E-state index in [9.17, 15) is 4.79 Å². The normalized spacial score (nSPS) is 16.6. The molecule has 0 radical (unpaired) electrons. The Morgan fingerprint density at radius 1 is 1.16 bits per heavy atom. The molecule has 3 rings (SSSR count). The summed E-state index contributed by atoms with van der Waals surface area (Å²) < 4.78 is 1.93. The summed E-state index contributed by atoms with van der Waals surface area (Å²) in [5.41, 5.74) is 2.85. The molecule has 19 heavy (non-hydrogen) atoms. The highest BCUT2D eigenvalue weighted by atomic mass is 16.7. The van der Waals surface area contributed by atoms with Gasteiger partial charge in [0.1, 0.15) is 5.71 Å². The highest BCUT2D eigenvalue weighted by Crippen LogP contribution is 2.20. The van der Waals surface area contributed by atoms with Crippen molar-refractivity contribution in [2.75, 3.05) is 0 Å². The fourth-order valence-electron chi connectivity index (χ4n) is 1.99. The van der Waals surface area contributed by atoms with Gasteiger partial charge in [-0.25, -0.2) is 4.79 Å². The lowest BCUT2D eigenvalue weighted by Gasteiger charge is -2.01. The quantitative estimate of drug-likeness (QED) is 0.608. The maximum absolute atomic E-state index is 11.8. The summed E-state index contributed by atoms with van der Waals surface area (Å²) in [6.45, 7) is 0. The molecule has 94 valence electrons. The molecule has 0 fully saturated rings. The van der Waals surface area contributed by atoms with Crippen molar-refractivity contribution in [3.05, 3.63) is 65.5 Å². The number of hydrogen-bond donors (Lipinski definition) is 0. The van der Waals surface area contributed by atoms with Crippen LogP contribution in [0.15, 0.2) is 59.4 Å². The number of aryl methyl sites for hydroxylation is 1. The first-order chi connectivity index (χ1) is 9.25. The van der Waals surface area contributed by atoms with E-state index in [0.717, 1.165) is 11.3 Å². The second-order valence-corrected chi connectivity index (χ2v) is 4.29. The van der Waals surface area contributed by atoms with Gasteiger partial charge in [0.2, 0.25) is 0 Å². The number of hydrogen-bond acceptors (Lipinski definition) is 3. The maximum atomic E-state index is 11.8. The fourth-order valence-corrected chi connectivity index (χ4v) is 1.99. The van der Waals surface area contributed by atoms with E-state index >= 15 is 0 Å². The first kappa shape index (κ1) is 11.5. The van der Waals surface area contributed by atoms with Crippen LogP contribution < -0.4 is 0 Å². The van der Waals surface area contributed by atoms with Crippen LogP contribution in [0.2, 0.25) is 0 Å². The Morgan fingerprint density at radius 3 is 2.63 bits per heavy atom. The summed E-state index contributed by atoms with van der Waals surface area (Å²) in [5, 5.41) is 3.87. The SMILES string of the molecule is Cn1cccc1C=C1C(=O)ON=C1c1ccccc1. The zero-order chi connectivity index (χ0) is 13.2. The van der Waals surface area contributed by atoms with Gasteiger partial charge < -0.3 is 9.40 Å². The van der Waals surface area contributed by atoms with Crippen molar-refractivity contribution in [2.45, 2.75) is 0 Å². The largest absolute Gasteiger partial charge is 0.368 e. The van der Waals surface area contributed by atoms with Crippen LogP contribution in [0.5, 0.6) is 0 Å². The van der Waals surface area contributed by atoms with Crippen molar-refractivity contribution in [2.24, 2.45) is 12.2 Å². The van der Waals surface area contributed by atoms with E-state index in [-0.39, 0.29) is 0 Å². The Morgan fingerprint density at radius 2 is 1.95 bits per heavy atom. The topological polar surface area (TPSA) is 43.6 Å². The fraction of sp³-hybridized carbons (Fsp3) is 0.0667. The number of oxime groups is 1. The number of nitrogens with zero attached hydrogens (tertiary/aromatic N) is 2. The van der Waals surface area contributed by atoms with Gasteiger partial charge in [0.15, 0.2) is 0 Å². The third kappa shape index (κ3) is 2.08. The van der Waals surface area contributed by atoms with Gasteiger partial charge in [-0.05, 0) is 18.2 Å². The Kier molecular flexibility index (Phi) is 2.76. The summed E-state index contributed by atoms with van der Waals surface area (Å²) in [5.74, 6) is -0.417. The summed E-state index contributed by atoms with van der Waals surface area (Å²) in [6.07, 6.45) is 3.72. The van der Waals surface area contributed by atoms with Gasteiger partial charge in [0.25, 0.3) is 0 Å². The molecule has 0 aliphatic carbocycles. The van der Waals surface area contributed by atoms with E-state index in [1.165, 1.54) is 0 Å². The highest BCUT2D eigenvalue weighted by molar-refractivity contribution is 6.31. The average Bonchev–Trinajstić information content (AvgIpc) is 2.99. The molecule has 1 aromatic carbocycles. The lowest BCUT2D eigenvalue weighted by molar-refractivity contribution is -0.136. The molecule has 1 aliphatic rings. The van der Waals surface area contributed by atoms with Crippen LogP contribution in [0.4, 0.5) is 0 Å². The minimum atomic E-state index is -0.417. The van der Waals surface area contributed by atoms with Crippen molar-refractivity contribution in [3.63, 3.8) is 0 Å². The standard InChI is InChI=1S/C15H12N2O2/c1-17-9-5-8-12(17)10-13-14(16-19-15(13)18)11-6-3-2-4-7-11/h2-10H,1H3. The number of carbonyl (C=O) groups is 1. The van der Waals surface area contributed by atoms with E-state index in [4.69, 9.17) is 4.84 Å². The maximum Gasteiger partial charge on any atom is 0.368 e. The van der Waals surface area contributed by atoms with Gasteiger partial charge in [-0.15, -0.1) is 0 Å². The number of aromatic nitrogens is 1. The molecule has 0 spiro atoms. The van der Waals surface area contributed by atoms with E-state index in [1.54, 1.807) is 6.08 Å². The lowest BCUT2D eigenvalue weighted by atomic mass is 10.0. The van der Waals surface area contributed by atoms with Crippen LogP contribution in [0.1, 0.15) is 11.3 Å². The minimum Gasteiger partial charge on any atom is -0.351 e.